The van der Waals surface area contributed by atoms with Crippen molar-refractivity contribution < 1.29 is 38.1 Å². The third-order valence-electron chi connectivity index (χ3n) is 14.6. The first kappa shape index (κ1) is 52.1. The monoisotopic (exact) mass is 1100 g/mol. The van der Waals surface area contributed by atoms with Gasteiger partial charge in [0.1, 0.15) is 26.4 Å². The highest BCUT2D eigenvalue weighted by atomic mass is 16.5. The van der Waals surface area contributed by atoms with E-state index in [9.17, 15) is 19.2 Å². The third-order valence-corrected chi connectivity index (χ3v) is 14.6. The minimum absolute atomic E-state index is 0.0819. The van der Waals surface area contributed by atoms with E-state index >= 15 is 0 Å². The molecule has 0 unspecified atom stereocenters. The van der Waals surface area contributed by atoms with E-state index in [4.69, 9.17) is 33.9 Å². The Morgan fingerprint density at radius 3 is 0.988 bits per heavy atom. The maximum Gasteiger partial charge on any atom is 0.338 e. The van der Waals surface area contributed by atoms with Crippen molar-refractivity contribution in [1.29, 1.82) is 0 Å². The molecule has 3 heterocycles. The Balaban J connectivity index is 0.955. The molecule has 0 amide bonds. The maximum atomic E-state index is 13.8. The molecule has 13 nitrogen and oxygen atoms in total. The van der Waals surface area contributed by atoms with Gasteiger partial charge in [0.2, 0.25) is 5.95 Å². The molecule has 0 radical (unpaired) electrons. The van der Waals surface area contributed by atoms with Crippen LogP contribution in [0.2, 0.25) is 0 Å². The number of para-hydroxylation sites is 1. The lowest BCUT2D eigenvalue weighted by molar-refractivity contribution is 0.0464. The number of ether oxygens (including phenoxy) is 4. The van der Waals surface area contributed by atoms with Crippen molar-refractivity contribution in [2.75, 3.05) is 0 Å². The summed E-state index contributed by atoms with van der Waals surface area (Å²) in [5.74, 6) is -1.09. The summed E-state index contributed by atoms with van der Waals surface area (Å²) in [4.78, 5) is 71.0. The Kier molecular flexibility index (Phi) is 14.3. The summed E-state index contributed by atoms with van der Waals surface area (Å²) >= 11 is 0. The summed E-state index contributed by atoms with van der Waals surface area (Å²) in [6, 6.07) is 76.7. The van der Waals surface area contributed by atoms with Gasteiger partial charge in [0, 0.05) is 32.7 Å². The standard InChI is InChI=1S/C71H49N5O8/c77-67(81-42-46-18-6-1-7-19-46)51-30-34-61-56(38-51)57-39-52(68(78)82-43-47-20-8-2-9-21-47)31-35-62(57)75(61)60-29-17-16-28-55(60)66-72-65(50-26-14-5-15-27-50)73-71(74-66)76-63-36-32-53(69(79)83-44-48-22-10-3-11-23-48)40-58(63)59-41-54(33-37-64(59)76)70(80)84-45-49-24-12-4-13-25-49/h1-41H,42-45H2. The van der Waals surface area contributed by atoms with Crippen molar-refractivity contribution in [2.45, 2.75) is 26.4 Å². The predicted octanol–water partition coefficient (Wildman–Crippen LogP) is 14.8. The fourth-order valence-corrected chi connectivity index (χ4v) is 10.4. The smallest absolute Gasteiger partial charge is 0.338 e. The highest BCUT2D eigenvalue weighted by Gasteiger charge is 2.25. The van der Waals surface area contributed by atoms with E-state index in [1.807, 2.05) is 205 Å². The molecule has 0 aliphatic heterocycles. The van der Waals surface area contributed by atoms with E-state index in [2.05, 4.69) is 4.57 Å². The molecule has 0 N–H and O–H groups in total. The number of rotatable bonds is 16. The van der Waals surface area contributed by atoms with Gasteiger partial charge in [-0.25, -0.2) is 24.2 Å². The minimum atomic E-state index is -0.519. The van der Waals surface area contributed by atoms with Crippen LogP contribution in [-0.2, 0) is 45.4 Å². The van der Waals surface area contributed by atoms with Gasteiger partial charge in [0.05, 0.1) is 50.0 Å². The lowest BCUT2D eigenvalue weighted by Gasteiger charge is -2.15. The molecule has 0 spiro atoms. The largest absolute Gasteiger partial charge is 0.457 e. The molecule has 406 valence electrons. The van der Waals surface area contributed by atoms with Crippen molar-refractivity contribution in [3.05, 3.63) is 293 Å². The SMILES string of the molecule is O=C(OCc1ccccc1)c1ccc2c(c1)c1cc(C(=O)OCc3ccccc3)ccc1n2-c1nc(-c2ccccc2)nc(-c2ccccc2-n2c3ccc(C(=O)OCc4ccccc4)cc3c3cc(C(=O)OCc4ccccc4)ccc32)n1. The zero-order valence-corrected chi connectivity index (χ0v) is 45.0. The number of hydrogen-bond donors (Lipinski definition) is 0. The molecular formula is C71H49N5O8. The molecule has 13 aromatic rings. The maximum absolute atomic E-state index is 13.8. The van der Waals surface area contributed by atoms with Gasteiger partial charge in [-0.05, 0) is 107 Å². The molecular weight excluding hydrogens is 1050 g/mol. The fourth-order valence-electron chi connectivity index (χ4n) is 10.4. The Bertz CT molecular complexity index is 4400. The summed E-state index contributed by atoms with van der Waals surface area (Å²) in [5.41, 5.74) is 9.44. The molecule has 0 bridgehead atoms. The van der Waals surface area contributed by atoms with Gasteiger partial charge in [-0.15, -0.1) is 0 Å². The summed E-state index contributed by atoms with van der Waals surface area (Å²) in [7, 11) is 0. The average Bonchev–Trinajstić information content (AvgIpc) is 3.13. The van der Waals surface area contributed by atoms with E-state index in [0.717, 1.165) is 38.9 Å². The van der Waals surface area contributed by atoms with Gasteiger partial charge in [0.25, 0.3) is 0 Å². The first-order valence-electron chi connectivity index (χ1n) is 27.2. The lowest BCUT2D eigenvalue weighted by atomic mass is 10.1. The molecule has 0 aliphatic rings. The topological polar surface area (TPSA) is 154 Å². The summed E-state index contributed by atoms with van der Waals surface area (Å²) < 4.78 is 27.2. The van der Waals surface area contributed by atoms with Gasteiger partial charge in [0.15, 0.2) is 11.6 Å². The van der Waals surface area contributed by atoms with Crippen LogP contribution in [-0.4, -0.2) is 48.0 Å². The number of carbonyl (C=O) groups excluding carboxylic acids is 4. The van der Waals surface area contributed by atoms with Gasteiger partial charge >= 0.3 is 23.9 Å². The van der Waals surface area contributed by atoms with Gasteiger partial charge in [-0.3, -0.25) is 4.57 Å². The second-order valence-electron chi connectivity index (χ2n) is 20.0. The number of benzene rings is 10. The molecule has 13 heteroatoms. The zero-order chi connectivity index (χ0) is 56.9. The van der Waals surface area contributed by atoms with E-state index in [-0.39, 0.29) is 32.4 Å². The van der Waals surface area contributed by atoms with Crippen LogP contribution in [0.1, 0.15) is 63.7 Å². The van der Waals surface area contributed by atoms with Gasteiger partial charge in [-0.1, -0.05) is 164 Å². The Morgan fingerprint density at radius 1 is 0.310 bits per heavy atom. The van der Waals surface area contributed by atoms with Crippen molar-refractivity contribution >= 4 is 67.5 Å². The molecule has 10 aromatic carbocycles. The Labute approximate surface area is 481 Å². The van der Waals surface area contributed by atoms with Gasteiger partial charge in [-0.2, -0.15) is 9.97 Å². The third kappa shape index (κ3) is 10.6. The summed E-state index contributed by atoms with van der Waals surface area (Å²) in [6.07, 6.45) is 0. The predicted molar refractivity (Wildman–Crippen MR) is 322 cm³/mol. The first-order chi connectivity index (χ1) is 41.3. The van der Waals surface area contributed by atoms with Crippen molar-refractivity contribution in [3.63, 3.8) is 0 Å². The van der Waals surface area contributed by atoms with Crippen LogP contribution in [0.3, 0.4) is 0 Å². The van der Waals surface area contributed by atoms with E-state index in [1.165, 1.54) is 0 Å². The van der Waals surface area contributed by atoms with Crippen LogP contribution >= 0.6 is 0 Å². The molecule has 13 rings (SSSR count). The molecule has 0 saturated carbocycles. The van der Waals surface area contributed by atoms with E-state index in [0.29, 0.717) is 77.7 Å². The van der Waals surface area contributed by atoms with E-state index < -0.39 is 23.9 Å². The van der Waals surface area contributed by atoms with Crippen molar-refractivity contribution in [3.8, 4) is 34.4 Å². The van der Waals surface area contributed by atoms with Crippen LogP contribution < -0.4 is 0 Å². The first-order valence-corrected chi connectivity index (χ1v) is 27.2. The fraction of sp³-hybridized carbons (Fsp3) is 0.0563. The average molecular weight is 1100 g/mol. The quantitative estimate of drug-likeness (QED) is 0.0671. The Morgan fingerprint density at radius 2 is 0.619 bits per heavy atom. The number of carbonyl (C=O) groups is 4. The van der Waals surface area contributed by atoms with Crippen LogP contribution in [0.25, 0.3) is 78.0 Å². The normalized spacial score (nSPS) is 11.2. The number of esters is 4. The van der Waals surface area contributed by atoms with E-state index in [1.54, 1.807) is 48.5 Å². The molecule has 0 fully saturated rings. The second-order valence-corrected chi connectivity index (χ2v) is 20.0. The summed E-state index contributed by atoms with van der Waals surface area (Å²) in [5, 5.41) is 2.64. The van der Waals surface area contributed by atoms with Crippen molar-refractivity contribution in [2.24, 2.45) is 0 Å². The molecule has 84 heavy (non-hydrogen) atoms. The summed E-state index contributed by atoms with van der Waals surface area (Å²) in [6.45, 7) is 0.345. The molecule has 0 atom stereocenters. The van der Waals surface area contributed by atoms with Crippen LogP contribution in [0.4, 0.5) is 0 Å². The Hall–Kier alpha value is -11.3. The van der Waals surface area contributed by atoms with Crippen LogP contribution in [0, 0.1) is 0 Å². The minimum Gasteiger partial charge on any atom is -0.457 e. The van der Waals surface area contributed by atoms with Crippen LogP contribution in [0.5, 0.6) is 0 Å². The number of nitrogens with zero attached hydrogens (tertiary/aromatic N) is 5. The molecule has 0 saturated heterocycles. The highest BCUT2D eigenvalue weighted by molar-refractivity contribution is 6.14. The molecule has 0 aliphatic carbocycles. The number of fused-ring (bicyclic) bond motifs is 6. The zero-order valence-electron chi connectivity index (χ0n) is 45.0. The highest BCUT2D eigenvalue weighted by Crippen LogP contribution is 2.39. The lowest BCUT2D eigenvalue weighted by Crippen LogP contribution is -2.08. The van der Waals surface area contributed by atoms with Crippen molar-refractivity contribution in [1.82, 2.24) is 24.1 Å². The van der Waals surface area contributed by atoms with Gasteiger partial charge < -0.3 is 23.5 Å². The number of hydrogen-bond acceptors (Lipinski definition) is 11. The number of aromatic nitrogens is 5. The molecule has 3 aromatic heterocycles. The van der Waals surface area contributed by atoms with Crippen LogP contribution in [0.15, 0.2) is 249 Å². The second kappa shape index (κ2) is 23.0.